The third-order valence-corrected chi connectivity index (χ3v) is 5.30. The van der Waals surface area contributed by atoms with Crippen molar-refractivity contribution in [3.8, 4) is 5.75 Å². The molecule has 1 heterocycles. The number of hydrogen-bond acceptors (Lipinski definition) is 3. The predicted octanol–water partition coefficient (Wildman–Crippen LogP) is 4.45. The maximum absolute atomic E-state index is 13.3. The van der Waals surface area contributed by atoms with Gasteiger partial charge in [-0.05, 0) is 54.3 Å². The van der Waals surface area contributed by atoms with E-state index in [1.54, 1.807) is 18.2 Å². The van der Waals surface area contributed by atoms with Gasteiger partial charge in [0.25, 0.3) is 0 Å². The molecule has 0 radical (unpaired) electrons. The van der Waals surface area contributed by atoms with Crippen LogP contribution in [0.5, 0.6) is 5.75 Å². The Kier molecular flexibility index (Phi) is 5.67. The van der Waals surface area contributed by atoms with Crippen molar-refractivity contribution in [3.05, 3.63) is 71.6 Å². The standard InChI is InChI=1S/C24H26FNO3/c1-24(15-28-16-24)17-29-22-10-5-19(6-11-22)14-26(21-8-9-21)23(27)12-7-18-3-2-4-20(25)13-18/h2-7,10-13,21H,8-9,14-17H2,1H3/b12-7+. The lowest BCUT2D eigenvalue weighted by atomic mass is 9.90. The molecule has 0 bridgehead atoms. The molecule has 0 aromatic heterocycles. The van der Waals surface area contributed by atoms with Crippen molar-refractivity contribution in [2.24, 2.45) is 5.41 Å². The summed E-state index contributed by atoms with van der Waals surface area (Å²) in [6, 6.07) is 14.4. The minimum absolute atomic E-state index is 0.0463. The Balaban J connectivity index is 1.36. The van der Waals surface area contributed by atoms with Crippen molar-refractivity contribution in [3.63, 3.8) is 0 Å². The highest BCUT2D eigenvalue weighted by Gasteiger charge is 2.34. The summed E-state index contributed by atoms with van der Waals surface area (Å²) in [5.74, 6) is 0.479. The molecule has 1 aliphatic heterocycles. The molecule has 2 aliphatic rings. The van der Waals surface area contributed by atoms with E-state index in [4.69, 9.17) is 9.47 Å². The zero-order valence-corrected chi connectivity index (χ0v) is 16.6. The number of carbonyl (C=O) groups excluding carboxylic acids is 1. The van der Waals surface area contributed by atoms with Gasteiger partial charge in [0.15, 0.2) is 0 Å². The molecule has 0 atom stereocenters. The van der Waals surface area contributed by atoms with Gasteiger partial charge in [0, 0.05) is 24.1 Å². The van der Waals surface area contributed by atoms with Crippen LogP contribution in [0.15, 0.2) is 54.6 Å². The van der Waals surface area contributed by atoms with Gasteiger partial charge >= 0.3 is 0 Å². The number of carbonyl (C=O) groups is 1. The second kappa shape index (κ2) is 8.37. The van der Waals surface area contributed by atoms with Crippen molar-refractivity contribution in [1.29, 1.82) is 0 Å². The highest BCUT2D eigenvalue weighted by molar-refractivity contribution is 5.92. The van der Waals surface area contributed by atoms with E-state index < -0.39 is 0 Å². The number of halogens is 1. The number of hydrogen-bond donors (Lipinski definition) is 0. The fourth-order valence-electron chi connectivity index (χ4n) is 3.33. The van der Waals surface area contributed by atoms with Crippen molar-refractivity contribution < 1.29 is 18.7 Å². The van der Waals surface area contributed by atoms with Crippen molar-refractivity contribution >= 4 is 12.0 Å². The quantitative estimate of drug-likeness (QED) is 0.620. The first-order chi connectivity index (χ1) is 14.0. The first-order valence-electron chi connectivity index (χ1n) is 10.0. The lowest BCUT2D eigenvalue weighted by Gasteiger charge is -2.37. The number of nitrogens with zero attached hydrogens (tertiary/aromatic N) is 1. The first kappa shape index (κ1) is 19.6. The summed E-state index contributed by atoms with van der Waals surface area (Å²) in [5, 5.41) is 0. The Morgan fingerprint density at radius 1 is 1.24 bits per heavy atom. The second-order valence-electron chi connectivity index (χ2n) is 8.32. The molecule has 5 heteroatoms. The van der Waals surface area contributed by atoms with Crippen LogP contribution in [0.1, 0.15) is 30.9 Å². The number of amides is 1. The summed E-state index contributed by atoms with van der Waals surface area (Å²) >= 11 is 0. The van der Waals surface area contributed by atoms with E-state index in [0.717, 1.165) is 37.4 Å². The van der Waals surface area contributed by atoms with Crippen LogP contribution in [0.4, 0.5) is 4.39 Å². The van der Waals surface area contributed by atoms with Gasteiger partial charge in [0.05, 0.1) is 19.8 Å². The van der Waals surface area contributed by atoms with E-state index >= 15 is 0 Å². The molecule has 2 aromatic carbocycles. The van der Waals surface area contributed by atoms with E-state index in [2.05, 4.69) is 6.92 Å². The molecule has 2 aromatic rings. The molecule has 1 amide bonds. The minimum Gasteiger partial charge on any atom is -0.493 e. The number of benzene rings is 2. The fraction of sp³-hybridized carbons (Fsp3) is 0.375. The van der Waals surface area contributed by atoms with E-state index in [1.807, 2.05) is 29.2 Å². The topological polar surface area (TPSA) is 38.8 Å². The summed E-state index contributed by atoms with van der Waals surface area (Å²) in [6.45, 7) is 4.84. The maximum atomic E-state index is 13.3. The van der Waals surface area contributed by atoms with Crippen LogP contribution in [0, 0.1) is 11.2 Å². The molecule has 1 aliphatic carbocycles. The molecule has 0 N–H and O–H groups in total. The molecule has 2 fully saturated rings. The third kappa shape index (κ3) is 5.24. The van der Waals surface area contributed by atoms with Gasteiger partial charge in [-0.25, -0.2) is 4.39 Å². The maximum Gasteiger partial charge on any atom is 0.247 e. The lowest BCUT2D eigenvalue weighted by Crippen LogP contribution is -2.44. The lowest BCUT2D eigenvalue weighted by molar-refractivity contribution is -0.127. The van der Waals surface area contributed by atoms with Crippen LogP contribution in [0.2, 0.25) is 0 Å². The van der Waals surface area contributed by atoms with Gasteiger partial charge in [-0.3, -0.25) is 4.79 Å². The van der Waals surface area contributed by atoms with Crippen LogP contribution in [0.25, 0.3) is 6.08 Å². The molecule has 0 unspecified atom stereocenters. The van der Waals surface area contributed by atoms with E-state index in [0.29, 0.717) is 18.7 Å². The SMILES string of the molecule is CC1(COc2ccc(CN(C(=O)/C=C/c3cccc(F)c3)C3CC3)cc2)COC1. The number of ether oxygens (including phenoxy) is 2. The second-order valence-corrected chi connectivity index (χ2v) is 8.32. The van der Waals surface area contributed by atoms with Gasteiger partial charge in [0.2, 0.25) is 5.91 Å². The van der Waals surface area contributed by atoms with Gasteiger partial charge in [-0.2, -0.15) is 0 Å². The van der Waals surface area contributed by atoms with Crippen molar-refractivity contribution in [2.45, 2.75) is 32.4 Å². The Bertz CT molecular complexity index is 885. The van der Waals surface area contributed by atoms with Gasteiger partial charge < -0.3 is 14.4 Å². The first-order valence-corrected chi connectivity index (χ1v) is 10.0. The van der Waals surface area contributed by atoms with Crippen molar-refractivity contribution in [2.75, 3.05) is 19.8 Å². The highest BCUT2D eigenvalue weighted by Crippen LogP contribution is 2.30. The molecular weight excluding hydrogens is 369 g/mol. The average Bonchev–Trinajstić information content (AvgIpc) is 3.53. The minimum atomic E-state index is -0.306. The molecule has 1 saturated heterocycles. The molecular formula is C24H26FNO3. The smallest absolute Gasteiger partial charge is 0.247 e. The summed E-state index contributed by atoms with van der Waals surface area (Å²) in [7, 11) is 0. The zero-order valence-electron chi connectivity index (χ0n) is 16.6. The van der Waals surface area contributed by atoms with Crippen LogP contribution < -0.4 is 4.74 Å². The van der Waals surface area contributed by atoms with E-state index in [-0.39, 0.29) is 23.2 Å². The van der Waals surface area contributed by atoms with Gasteiger partial charge in [-0.15, -0.1) is 0 Å². The molecule has 1 saturated carbocycles. The monoisotopic (exact) mass is 395 g/mol. The highest BCUT2D eigenvalue weighted by atomic mass is 19.1. The zero-order chi connectivity index (χ0) is 20.3. The molecule has 29 heavy (non-hydrogen) atoms. The average molecular weight is 395 g/mol. The summed E-state index contributed by atoms with van der Waals surface area (Å²) in [4.78, 5) is 14.6. The van der Waals surface area contributed by atoms with Crippen LogP contribution in [-0.4, -0.2) is 36.7 Å². The predicted molar refractivity (Wildman–Crippen MR) is 110 cm³/mol. The molecule has 4 nitrogen and oxygen atoms in total. The van der Waals surface area contributed by atoms with Crippen LogP contribution in [-0.2, 0) is 16.1 Å². The van der Waals surface area contributed by atoms with E-state index in [1.165, 1.54) is 18.2 Å². The summed E-state index contributed by atoms with van der Waals surface area (Å²) in [5.41, 5.74) is 1.86. The van der Waals surface area contributed by atoms with E-state index in [9.17, 15) is 9.18 Å². The largest absolute Gasteiger partial charge is 0.493 e. The van der Waals surface area contributed by atoms with Crippen LogP contribution in [0.3, 0.4) is 0 Å². The molecule has 152 valence electrons. The van der Waals surface area contributed by atoms with Crippen LogP contribution >= 0.6 is 0 Å². The number of rotatable bonds is 8. The summed E-state index contributed by atoms with van der Waals surface area (Å²) < 4.78 is 24.4. The van der Waals surface area contributed by atoms with Gasteiger partial charge in [0.1, 0.15) is 11.6 Å². The van der Waals surface area contributed by atoms with Crippen molar-refractivity contribution in [1.82, 2.24) is 4.90 Å². The summed E-state index contributed by atoms with van der Waals surface area (Å²) in [6.07, 6.45) is 5.26. The Hall–Kier alpha value is -2.66. The fourth-order valence-corrected chi connectivity index (χ4v) is 3.33. The molecule has 4 rings (SSSR count). The molecule has 0 spiro atoms. The normalized spacial score (nSPS) is 17.7. The Morgan fingerprint density at radius 3 is 2.62 bits per heavy atom. The van der Waals surface area contributed by atoms with Gasteiger partial charge in [-0.1, -0.05) is 31.2 Å². The Morgan fingerprint density at radius 2 is 2.00 bits per heavy atom. The Labute approximate surface area is 170 Å². The third-order valence-electron chi connectivity index (χ3n) is 5.30.